The third-order valence-electron chi connectivity index (χ3n) is 1.05. The van der Waals surface area contributed by atoms with E-state index in [1.54, 1.807) is 12.3 Å². The van der Waals surface area contributed by atoms with Gasteiger partial charge in [-0.1, -0.05) is 18.8 Å². The highest BCUT2D eigenvalue weighted by atomic mass is 32.1. The van der Waals surface area contributed by atoms with Crippen molar-refractivity contribution in [3.8, 4) is 0 Å². The quantitative estimate of drug-likeness (QED) is 0.613. The molecule has 0 aromatic carbocycles. The van der Waals surface area contributed by atoms with Crippen molar-refractivity contribution < 1.29 is 0 Å². The van der Waals surface area contributed by atoms with E-state index in [2.05, 4.69) is 11.6 Å². The number of aromatic amines is 1. The van der Waals surface area contributed by atoms with Crippen molar-refractivity contribution in [2.45, 2.75) is 0 Å². The van der Waals surface area contributed by atoms with Gasteiger partial charge in [-0.25, -0.2) is 4.79 Å². The Hall–Kier alpha value is -1.16. The van der Waals surface area contributed by atoms with Gasteiger partial charge in [-0.3, -0.25) is 9.55 Å². The van der Waals surface area contributed by atoms with Crippen LogP contribution in [0.5, 0.6) is 0 Å². The molecule has 0 atom stereocenters. The summed E-state index contributed by atoms with van der Waals surface area (Å²) in [5.41, 5.74) is -0.262. The number of hydrogen-bond acceptors (Lipinski definition) is 2. The van der Waals surface area contributed by atoms with Crippen LogP contribution in [0, 0.1) is 4.64 Å². The Morgan fingerprint density at radius 3 is 3.00 bits per heavy atom. The third-order valence-corrected chi connectivity index (χ3v) is 1.29. The van der Waals surface area contributed by atoms with Gasteiger partial charge in [0.05, 0.1) is 0 Å². The molecule has 0 bridgehead atoms. The molecule has 52 valence electrons. The van der Waals surface area contributed by atoms with Crippen LogP contribution in [0.4, 0.5) is 0 Å². The maximum Gasteiger partial charge on any atom is 0.330 e. The summed E-state index contributed by atoms with van der Waals surface area (Å²) in [4.78, 5) is 13.3. The highest BCUT2D eigenvalue weighted by Crippen LogP contribution is 1.80. The summed E-state index contributed by atoms with van der Waals surface area (Å²) < 4.78 is 1.75. The normalized spacial score (nSPS) is 9.20. The molecular weight excluding hydrogens is 148 g/mol. The standard InChI is InChI=1S/C6H6N2OS/c1-2-8-4-3-5(10)7-6(8)9/h2-4H,1H2,(H,7,9,10). The zero-order valence-electron chi connectivity index (χ0n) is 5.20. The summed E-state index contributed by atoms with van der Waals surface area (Å²) >= 11 is 4.70. The fourth-order valence-electron chi connectivity index (χ4n) is 0.571. The van der Waals surface area contributed by atoms with E-state index in [1.165, 1.54) is 10.8 Å². The molecule has 1 aromatic rings. The molecule has 0 aliphatic rings. The highest BCUT2D eigenvalue weighted by Gasteiger charge is 1.85. The Bertz CT molecular complexity index is 349. The van der Waals surface area contributed by atoms with Crippen molar-refractivity contribution in [2.75, 3.05) is 0 Å². The molecule has 1 heterocycles. The molecule has 0 radical (unpaired) electrons. The molecule has 0 aliphatic heterocycles. The number of nitrogens with zero attached hydrogens (tertiary/aromatic N) is 1. The number of H-pyrrole nitrogens is 1. The van der Waals surface area contributed by atoms with E-state index in [1.807, 2.05) is 0 Å². The summed E-state index contributed by atoms with van der Waals surface area (Å²) in [7, 11) is 0. The van der Waals surface area contributed by atoms with Crippen LogP contribution in [0.3, 0.4) is 0 Å². The van der Waals surface area contributed by atoms with Crippen LogP contribution in [-0.4, -0.2) is 9.55 Å². The molecule has 1 aromatic heterocycles. The fourth-order valence-corrected chi connectivity index (χ4v) is 0.719. The maximum atomic E-state index is 10.8. The summed E-state index contributed by atoms with van der Waals surface area (Å²) in [5.74, 6) is 0. The largest absolute Gasteiger partial charge is 0.330 e. The number of rotatable bonds is 1. The van der Waals surface area contributed by atoms with Crippen LogP contribution in [0.15, 0.2) is 23.6 Å². The number of hydrogen-bond donors (Lipinski definition) is 1. The van der Waals surface area contributed by atoms with E-state index < -0.39 is 0 Å². The minimum absolute atomic E-state index is 0.262. The lowest BCUT2D eigenvalue weighted by Gasteiger charge is -1.92. The van der Waals surface area contributed by atoms with Crippen molar-refractivity contribution in [1.82, 2.24) is 9.55 Å². The van der Waals surface area contributed by atoms with Gasteiger partial charge in [0, 0.05) is 12.4 Å². The average Bonchev–Trinajstić information content (AvgIpc) is 1.88. The second-order valence-corrected chi connectivity index (χ2v) is 2.14. The average molecular weight is 154 g/mol. The molecule has 3 nitrogen and oxygen atoms in total. The van der Waals surface area contributed by atoms with Crippen LogP contribution >= 0.6 is 12.2 Å². The zero-order chi connectivity index (χ0) is 7.56. The van der Waals surface area contributed by atoms with Gasteiger partial charge < -0.3 is 0 Å². The lowest BCUT2D eigenvalue weighted by molar-refractivity contribution is 0.954. The van der Waals surface area contributed by atoms with Crippen LogP contribution in [0.2, 0.25) is 0 Å². The molecule has 1 rings (SSSR count). The summed E-state index contributed by atoms with van der Waals surface area (Å²) in [5, 5.41) is 0. The van der Waals surface area contributed by atoms with Crippen LogP contribution in [0.1, 0.15) is 0 Å². The van der Waals surface area contributed by atoms with E-state index >= 15 is 0 Å². The summed E-state index contributed by atoms with van der Waals surface area (Å²) in [6.45, 7) is 3.43. The first kappa shape index (κ1) is 6.95. The second-order valence-electron chi connectivity index (χ2n) is 1.70. The van der Waals surface area contributed by atoms with Gasteiger partial charge >= 0.3 is 5.69 Å². The van der Waals surface area contributed by atoms with Crippen LogP contribution in [0.25, 0.3) is 6.20 Å². The van der Waals surface area contributed by atoms with Crippen LogP contribution < -0.4 is 5.69 Å². The highest BCUT2D eigenvalue weighted by molar-refractivity contribution is 7.71. The Morgan fingerprint density at radius 2 is 2.50 bits per heavy atom. The lowest BCUT2D eigenvalue weighted by atomic mass is 10.6. The van der Waals surface area contributed by atoms with Crippen LogP contribution in [-0.2, 0) is 0 Å². The number of aromatic nitrogens is 2. The Kier molecular flexibility index (Phi) is 1.82. The minimum atomic E-state index is -0.262. The second kappa shape index (κ2) is 2.62. The molecule has 0 unspecified atom stereocenters. The topological polar surface area (TPSA) is 37.8 Å². The van der Waals surface area contributed by atoms with Gasteiger partial charge in [-0.2, -0.15) is 0 Å². The van der Waals surface area contributed by atoms with Gasteiger partial charge in [-0.15, -0.1) is 0 Å². The van der Waals surface area contributed by atoms with Crippen molar-refractivity contribution in [3.05, 3.63) is 34.0 Å². The van der Waals surface area contributed by atoms with Gasteiger partial charge in [0.2, 0.25) is 0 Å². The van der Waals surface area contributed by atoms with Gasteiger partial charge in [-0.05, 0) is 6.07 Å². The van der Waals surface area contributed by atoms with E-state index in [-0.39, 0.29) is 5.69 Å². The van der Waals surface area contributed by atoms with E-state index in [0.717, 1.165) is 0 Å². The van der Waals surface area contributed by atoms with E-state index in [9.17, 15) is 4.79 Å². The molecule has 4 heteroatoms. The minimum Gasteiger partial charge on any atom is -0.298 e. The van der Waals surface area contributed by atoms with E-state index in [0.29, 0.717) is 4.64 Å². The first-order chi connectivity index (χ1) is 4.74. The summed E-state index contributed by atoms with van der Waals surface area (Å²) in [6.07, 6.45) is 2.97. The fraction of sp³-hybridized carbons (Fsp3) is 0. The molecule has 0 saturated carbocycles. The zero-order valence-corrected chi connectivity index (χ0v) is 6.02. The molecule has 0 amide bonds. The summed E-state index contributed by atoms with van der Waals surface area (Å²) in [6, 6.07) is 1.62. The van der Waals surface area contributed by atoms with Gasteiger partial charge in [0.15, 0.2) is 0 Å². The first-order valence-corrected chi connectivity index (χ1v) is 3.09. The molecule has 0 fully saturated rings. The van der Waals surface area contributed by atoms with Gasteiger partial charge in [0.1, 0.15) is 4.64 Å². The predicted octanol–water partition coefficient (Wildman–Crippen LogP) is 1.01. The smallest absolute Gasteiger partial charge is 0.298 e. The maximum absolute atomic E-state index is 10.8. The van der Waals surface area contributed by atoms with Crippen molar-refractivity contribution in [1.29, 1.82) is 0 Å². The number of nitrogens with one attached hydrogen (secondary N) is 1. The Labute approximate surface area is 62.6 Å². The first-order valence-electron chi connectivity index (χ1n) is 2.68. The lowest BCUT2D eigenvalue weighted by Crippen LogP contribution is -2.17. The molecule has 0 aliphatic carbocycles. The Morgan fingerprint density at radius 1 is 1.80 bits per heavy atom. The monoisotopic (exact) mass is 154 g/mol. The third kappa shape index (κ3) is 1.22. The van der Waals surface area contributed by atoms with E-state index in [4.69, 9.17) is 12.2 Å². The molecule has 0 spiro atoms. The van der Waals surface area contributed by atoms with Crippen molar-refractivity contribution >= 4 is 18.4 Å². The van der Waals surface area contributed by atoms with Gasteiger partial charge in [0.25, 0.3) is 0 Å². The Balaban J connectivity index is 3.48. The van der Waals surface area contributed by atoms with Crippen molar-refractivity contribution in [2.24, 2.45) is 0 Å². The molecule has 1 N–H and O–H groups in total. The van der Waals surface area contributed by atoms with Crippen molar-refractivity contribution in [3.63, 3.8) is 0 Å². The molecular formula is C6H6N2OS. The molecule has 10 heavy (non-hydrogen) atoms. The SMILES string of the molecule is C=Cn1ccc(=S)[nH]c1=O. The molecule has 0 saturated heterocycles. The predicted molar refractivity (Wildman–Crippen MR) is 42.3 cm³/mol.